The molecule has 19 heavy (non-hydrogen) atoms. The van der Waals surface area contributed by atoms with Gasteiger partial charge < -0.3 is 20.5 Å². The molecule has 0 fully saturated rings. The number of aliphatic hydroxyl groups is 1. The van der Waals surface area contributed by atoms with Crippen molar-refractivity contribution < 1.29 is 23.0 Å². The van der Waals surface area contributed by atoms with E-state index in [-0.39, 0.29) is 24.8 Å². The van der Waals surface area contributed by atoms with E-state index in [0.717, 1.165) is 12.1 Å². The SMILES string of the molecule is CNc1cc(C(F)(F)F)cc(NCC(O)COC)n1. The third-order valence-corrected chi connectivity index (χ3v) is 2.29. The van der Waals surface area contributed by atoms with Gasteiger partial charge in [-0.15, -0.1) is 0 Å². The lowest BCUT2D eigenvalue weighted by molar-refractivity contribution is -0.137. The van der Waals surface area contributed by atoms with Crippen molar-refractivity contribution in [2.24, 2.45) is 0 Å². The molecule has 0 aliphatic carbocycles. The van der Waals surface area contributed by atoms with Gasteiger partial charge in [0.25, 0.3) is 0 Å². The van der Waals surface area contributed by atoms with Gasteiger partial charge in [0.1, 0.15) is 11.6 Å². The van der Waals surface area contributed by atoms with Gasteiger partial charge in [0, 0.05) is 20.7 Å². The Morgan fingerprint density at radius 3 is 2.53 bits per heavy atom. The second kappa shape index (κ2) is 6.58. The van der Waals surface area contributed by atoms with Crippen LogP contribution in [0.15, 0.2) is 12.1 Å². The third-order valence-electron chi connectivity index (χ3n) is 2.29. The molecule has 0 radical (unpaired) electrons. The van der Waals surface area contributed by atoms with Gasteiger partial charge in [0.15, 0.2) is 0 Å². The fourth-order valence-corrected chi connectivity index (χ4v) is 1.39. The number of nitrogens with one attached hydrogen (secondary N) is 2. The lowest BCUT2D eigenvalue weighted by atomic mass is 10.2. The van der Waals surface area contributed by atoms with Crippen molar-refractivity contribution in [3.8, 4) is 0 Å². The highest BCUT2D eigenvalue weighted by Crippen LogP contribution is 2.31. The molecule has 1 atom stereocenters. The molecule has 0 aliphatic rings. The van der Waals surface area contributed by atoms with Gasteiger partial charge in [-0.2, -0.15) is 13.2 Å². The average Bonchev–Trinajstić information content (AvgIpc) is 2.35. The largest absolute Gasteiger partial charge is 0.416 e. The first-order chi connectivity index (χ1) is 8.86. The Hall–Kier alpha value is -1.54. The van der Waals surface area contributed by atoms with E-state index in [1.807, 2.05) is 0 Å². The Morgan fingerprint density at radius 2 is 2.00 bits per heavy atom. The third kappa shape index (κ3) is 4.92. The maximum Gasteiger partial charge on any atom is 0.416 e. The molecule has 0 bridgehead atoms. The summed E-state index contributed by atoms with van der Waals surface area (Å²) in [5, 5.41) is 14.6. The van der Waals surface area contributed by atoms with E-state index >= 15 is 0 Å². The zero-order chi connectivity index (χ0) is 14.5. The van der Waals surface area contributed by atoms with Crippen LogP contribution in [0.2, 0.25) is 0 Å². The Balaban J connectivity index is 2.83. The van der Waals surface area contributed by atoms with Crippen LogP contribution in [0.1, 0.15) is 5.56 Å². The van der Waals surface area contributed by atoms with Crippen molar-refractivity contribution in [2.45, 2.75) is 12.3 Å². The minimum Gasteiger partial charge on any atom is -0.389 e. The highest BCUT2D eigenvalue weighted by molar-refractivity contribution is 5.49. The summed E-state index contributed by atoms with van der Waals surface area (Å²) in [7, 11) is 2.90. The van der Waals surface area contributed by atoms with Crippen LogP contribution in [0.3, 0.4) is 0 Å². The van der Waals surface area contributed by atoms with E-state index < -0.39 is 17.8 Å². The molecule has 5 nitrogen and oxygen atoms in total. The van der Waals surface area contributed by atoms with Crippen LogP contribution < -0.4 is 10.6 Å². The smallest absolute Gasteiger partial charge is 0.389 e. The lowest BCUT2D eigenvalue weighted by Gasteiger charge is -2.14. The highest BCUT2D eigenvalue weighted by Gasteiger charge is 2.31. The first-order valence-electron chi connectivity index (χ1n) is 5.54. The first kappa shape index (κ1) is 15.5. The number of alkyl halides is 3. The van der Waals surface area contributed by atoms with Crippen molar-refractivity contribution in [1.82, 2.24) is 4.98 Å². The molecule has 1 unspecified atom stereocenters. The summed E-state index contributed by atoms with van der Waals surface area (Å²) < 4.78 is 42.7. The van der Waals surface area contributed by atoms with Gasteiger partial charge in [-0.1, -0.05) is 0 Å². The number of anilines is 2. The molecule has 0 amide bonds. The molecule has 3 N–H and O–H groups in total. The van der Waals surface area contributed by atoms with Gasteiger partial charge in [-0.25, -0.2) is 4.98 Å². The Kier molecular flexibility index (Phi) is 5.37. The zero-order valence-electron chi connectivity index (χ0n) is 10.6. The summed E-state index contributed by atoms with van der Waals surface area (Å²) in [5.74, 6) is 0.132. The number of methoxy groups -OCH3 is 1. The van der Waals surface area contributed by atoms with Crippen molar-refractivity contribution in [2.75, 3.05) is 37.9 Å². The molecular formula is C11H16F3N3O2. The lowest BCUT2D eigenvalue weighted by Crippen LogP contribution is -2.24. The molecular weight excluding hydrogens is 263 g/mol. The second-order valence-corrected chi connectivity index (χ2v) is 3.86. The van der Waals surface area contributed by atoms with E-state index in [1.54, 1.807) is 0 Å². The zero-order valence-corrected chi connectivity index (χ0v) is 10.6. The monoisotopic (exact) mass is 279 g/mol. The maximum atomic E-state index is 12.7. The molecule has 1 heterocycles. The fourth-order valence-electron chi connectivity index (χ4n) is 1.39. The average molecular weight is 279 g/mol. The van der Waals surface area contributed by atoms with E-state index in [4.69, 9.17) is 4.74 Å². The summed E-state index contributed by atoms with van der Waals surface area (Å²) in [6.45, 7) is 0.135. The normalized spacial score (nSPS) is 13.2. The summed E-state index contributed by atoms with van der Waals surface area (Å²) in [4.78, 5) is 3.92. The summed E-state index contributed by atoms with van der Waals surface area (Å²) in [6, 6.07) is 1.80. The van der Waals surface area contributed by atoms with Crippen LogP contribution >= 0.6 is 0 Å². The molecule has 8 heteroatoms. The Bertz CT molecular complexity index is 413. The van der Waals surface area contributed by atoms with Gasteiger partial charge in [0.05, 0.1) is 18.3 Å². The quantitative estimate of drug-likeness (QED) is 0.737. The standard InChI is InChI=1S/C11H16F3N3O2/c1-15-9-3-7(11(12,13)14)4-10(17-9)16-5-8(18)6-19-2/h3-4,8,18H,5-6H2,1-2H3,(H2,15,16,17). The maximum absolute atomic E-state index is 12.7. The van der Waals surface area contributed by atoms with E-state index in [1.165, 1.54) is 14.2 Å². The molecule has 1 aromatic rings. The minimum absolute atomic E-state index is 0.0364. The number of aromatic nitrogens is 1. The fraction of sp³-hybridized carbons (Fsp3) is 0.545. The number of rotatable bonds is 6. The van der Waals surface area contributed by atoms with E-state index in [2.05, 4.69) is 15.6 Å². The summed E-state index contributed by atoms with van der Waals surface area (Å²) in [5.41, 5.74) is -0.810. The molecule has 1 rings (SSSR count). The van der Waals surface area contributed by atoms with E-state index in [9.17, 15) is 18.3 Å². The van der Waals surface area contributed by atoms with Crippen LogP contribution in [0, 0.1) is 0 Å². The Morgan fingerprint density at radius 1 is 1.37 bits per heavy atom. The van der Waals surface area contributed by atoms with Crippen molar-refractivity contribution in [3.63, 3.8) is 0 Å². The van der Waals surface area contributed by atoms with Crippen LogP contribution in [0.25, 0.3) is 0 Å². The van der Waals surface area contributed by atoms with Crippen molar-refractivity contribution >= 4 is 11.6 Å². The summed E-state index contributed by atoms with van der Waals surface area (Å²) in [6.07, 6.45) is -5.27. The van der Waals surface area contributed by atoms with Gasteiger partial charge in [-0.3, -0.25) is 0 Å². The number of hydrogen-bond acceptors (Lipinski definition) is 5. The predicted molar refractivity (Wildman–Crippen MR) is 65.2 cm³/mol. The number of aliphatic hydroxyl groups excluding tert-OH is 1. The minimum atomic E-state index is -4.45. The van der Waals surface area contributed by atoms with Gasteiger partial charge in [0.2, 0.25) is 0 Å². The van der Waals surface area contributed by atoms with Crippen LogP contribution in [0.4, 0.5) is 24.8 Å². The molecule has 0 aliphatic heterocycles. The van der Waals surface area contributed by atoms with Crippen LogP contribution in [-0.4, -0.2) is 43.5 Å². The predicted octanol–water partition coefficient (Wildman–Crippen LogP) is 1.56. The molecule has 0 spiro atoms. The number of hydrogen-bond donors (Lipinski definition) is 3. The Labute approximate surface area is 108 Å². The molecule has 0 saturated heterocycles. The number of ether oxygens (including phenoxy) is 1. The topological polar surface area (TPSA) is 66.4 Å². The number of nitrogens with zero attached hydrogens (tertiary/aromatic N) is 1. The molecule has 1 aromatic heterocycles. The second-order valence-electron chi connectivity index (χ2n) is 3.86. The van der Waals surface area contributed by atoms with Crippen LogP contribution in [0.5, 0.6) is 0 Å². The van der Waals surface area contributed by atoms with Crippen LogP contribution in [-0.2, 0) is 10.9 Å². The molecule has 0 aromatic carbocycles. The highest BCUT2D eigenvalue weighted by atomic mass is 19.4. The van der Waals surface area contributed by atoms with Gasteiger partial charge in [-0.05, 0) is 12.1 Å². The van der Waals surface area contributed by atoms with Crippen molar-refractivity contribution in [1.29, 1.82) is 0 Å². The molecule has 0 saturated carbocycles. The van der Waals surface area contributed by atoms with Gasteiger partial charge >= 0.3 is 6.18 Å². The molecule has 108 valence electrons. The van der Waals surface area contributed by atoms with Crippen molar-refractivity contribution in [3.05, 3.63) is 17.7 Å². The number of halogens is 3. The summed E-state index contributed by atoms with van der Waals surface area (Å²) >= 11 is 0. The van der Waals surface area contributed by atoms with E-state index in [0.29, 0.717) is 0 Å². The number of pyridine rings is 1. The first-order valence-corrected chi connectivity index (χ1v) is 5.54.